The number of rotatable bonds is 5. The summed E-state index contributed by atoms with van der Waals surface area (Å²) in [4.78, 5) is 39.0. The highest BCUT2D eigenvalue weighted by molar-refractivity contribution is 5.91. The van der Waals surface area contributed by atoms with E-state index in [2.05, 4.69) is 35.6 Å². The number of aryl methyl sites for hydroxylation is 1. The summed E-state index contributed by atoms with van der Waals surface area (Å²) in [5.41, 5.74) is 2.85. The van der Waals surface area contributed by atoms with Gasteiger partial charge in [0, 0.05) is 45.0 Å². The Balaban J connectivity index is 1.20. The number of oxazole rings is 1. The van der Waals surface area contributed by atoms with Crippen LogP contribution in [0.25, 0.3) is 22.7 Å². The topological polar surface area (TPSA) is 164 Å². The number of nitrogens with one attached hydrogen (secondary N) is 1. The third kappa shape index (κ3) is 5.13. The quantitative estimate of drug-likeness (QED) is 0.343. The second-order valence-electron chi connectivity index (χ2n) is 9.57. The fraction of sp³-hybridized carbons (Fsp3) is 0.259. The maximum absolute atomic E-state index is 13.5. The Bertz CT molecular complexity index is 1770. The van der Waals surface area contributed by atoms with Crippen molar-refractivity contribution in [1.29, 1.82) is 5.26 Å². The number of fused-ring (bicyclic) bond motifs is 1. The molecular formula is C27H25N11O3. The molecule has 2 amide bonds. The van der Waals surface area contributed by atoms with Crippen LogP contribution in [0.5, 0.6) is 0 Å². The van der Waals surface area contributed by atoms with E-state index in [0.29, 0.717) is 48.8 Å². The summed E-state index contributed by atoms with van der Waals surface area (Å²) in [5, 5.41) is 25.1. The Labute approximate surface area is 233 Å². The van der Waals surface area contributed by atoms with Gasteiger partial charge in [0.25, 0.3) is 0 Å². The summed E-state index contributed by atoms with van der Waals surface area (Å²) in [5.74, 6) is 0.479. The minimum absolute atomic E-state index is 0.0699. The van der Waals surface area contributed by atoms with Crippen LogP contribution in [0.15, 0.2) is 59.1 Å². The number of nitrogens with zero attached hydrogens (tertiary/aromatic N) is 10. The van der Waals surface area contributed by atoms with E-state index in [1.165, 1.54) is 22.5 Å². The van der Waals surface area contributed by atoms with Gasteiger partial charge in [-0.25, -0.2) is 19.3 Å². The zero-order valence-electron chi connectivity index (χ0n) is 22.3. The molecule has 4 heterocycles. The Morgan fingerprint density at radius 3 is 2.54 bits per heavy atom. The second-order valence-corrected chi connectivity index (χ2v) is 9.57. The molecule has 0 saturated carbocycles. The largest absolute Gasteiger partial charge is 0.435 e. The maximum atomic E-state index is 13.5. The molecule has 0 spiro atoms. The molecule has 1 aliphatic rings. The number of amides is 2. The average Bonchev–Trinajstić information content (AvgIpc) is 3.71. The van der Waals surface area contributed by atoms with Crippen molar-refractivity contribution in [2.24, 2.45) is 7.05 Å². The maximum Gasteiger partial charge on any atom is 0.330 e. The van der Waals surface area contributed by atoms with Crippen molar-refractivity contribution in [3.63, 3.8) is 0 Å². The molecular weight excluding hydrogens is 526 g/mol. The summed E-state index contributed by atoms with van der Waals surface area (Å²) in [6, 6.07) is 16.4. The lowest BCUT2D eigenvalue weighted by molar-refractivity contribution is -0.114. The van der Waals surface area contributed by atoms with Gasteiger partial charge in [-0.2, -0.15) is 10.1 Å². The number of aromatic nitrogens is 7. The SMILES string of the molecule is CC(=O)Nc1ccc2oc(-c3cn(C(=O)N4CCN(C(c5ccccc5)c5nnn(C)n5)CC4)c(C#N)n3)nc2c1. The summed E-state index contributed by atoms with van der Waals surface area (Å²) >= 11 is 0. The van der Waals surface area contributed by atoms with Gasteiger partial charge in [-0.3, -0.25) is 9.69 Å². The summed E-state index contributed by atoms with van der Waals surface area (Å²) in [6.07, 6.45) is 1.46. The van der Waals surface area contributed by atoms with Gasteiger partial charge in [0.2, 0.25) is 17.6 Å². The molecule has 6 rings (SSSR count). The molecule has 1 unspecified atom stereocenters. The van der Waals surface area contributed by atoms with E-state index in [1.807, 2.05) is 36.4 Å². The van der Waals surface area contributed by atoms with Gasteiger partial charge in [-0.05, 0) is 29.0 Å². The molecule has 206 valence electrons. The Kier molecular flexibility index (Phi) is 6.70. The van der Waals surface area contributed by atoms with E-state index in [-0.39, 0.29) is 35.4 Å². The minimum Gasteiger partial charge on any atom is -0.435 e. The lowest BCUT2D eigenvalue weighted by Gasteiger charge is -2.38. The predicted molar refractivity (Wildman–Crippen MR) is 145 cm³/mol. The number of anilines is 1. The van der Waals surface area contributed by atoms with Gasteiger partial charge in [0.1, 0.15) is 17.3 Å². The van der Waals surface area contributed by atoms with E-state index < -0.39 is 0 Å². The fourth-order valence-electron chi connectivity index (χ4n) is 4.92. The van der Waals surface area contributed by atoms with Crippen molar-refractivity contribution >= 4 is 28.7 Å². The van der Waals surface area contributed by atoms with Crippen LogP contribution in [0.4, 0.5) is 10.5 Å². The number of tetrazole rings is 1. The van der Waals surface area contributed by atoms with Crippen molar-refractivity contribution in [3.8, 4) is 17.7 Å². The summed E-state index contributed by atoms with van der Waals surface area (Å²) in [6.45, 7) is 3.40. The minimum atomic E-state index is -0.363. The number of imidazole rings is 1. The normalized spacial score (nSPS) is 14.6. The van der Waals surface area contributed by atoms with Gasteiger partial charge >= 0.3 is 6.03 Å². The van der Waals surface area contributed by atoms with Crippen LogP contribution in [0.1, 0.15) is 30.2 Å². The van der Waals surface area contributed by atoms with Crippen molar-refractivity contribution in [3.05, 3.63) is 71.9 Å². The highest BCUT2D eigenvalue weighted by Gasteiger charge is 2.32. The molecule has 0 radical (unpaired) electrons. The summed E-state index contributed by atoms with van der Waals surface area (Å²) in [7, 11) is 1.73. The van der Waals surface area contributed by atoms with Gasteiger partial charge in [-0.15, -0.1) is 10.2 Å². The standard InChI is InChI=1S/C27H25N11O3/c1-17(39)29-19-8-9-22-20(14-19)31-26(41-22)21-16-38(23(15-28)30-21)27(40)37-12-10-36(11-13-37)24(18-6-4-3-5-7-18)25-32-34-35(2)33-25/h3-9,14,16,24H,10-13H2,1-2H3,(H,29,39). The monoisotopic (exact) mass is 551 g/mol. The highest BCUT2D eigenvalue weighted by Crippen LogP contribution is 2.28. The number of hydrogen-bond acceptors (Lipinski definition) is 10. The first-order valence-electron chi connectivity index (χ1n) is 12.9. The first kappa shape index (κ1) is 25.8. The zero-order chi connectivity index (χ0) is 28.5. The molecule has 14 nitrogen and oxygen atoms in total. The van der Waals surface area contributed by atoms with Gasteiger partial charge < -0.3 is 14.6 Å². The van der Waals surface area contributed by atoms with E-state index in [4.69, 9.17) is 4.42 Å². The average molecular weight is 552 g/mol. The van der Waals surface area contributed by atoms with Crippen LogP contribution in [0.2, 0.25) is 0 Å². The van der Waals surface area contributed by atoms with Gasteiger partial charge in [0.15, 0.2) is 11.4 Å². The zero-order valence-corrected chi connectivity index (χ0v) is 22.3. The molecule has 0 bridgehead atoms. The molecule has 14 heteroatoms. The fourth-order valence-corrected chi connectivity index (χ4v) is 4.92. The lowest BCUT2D eigenvalue weighted by Crippen LogP contribution is -2.51. The van der Waals surface area contributed by atoms with Crippen LogP contribution in [0, 0.1) is 11.3 Å². The van der Waals surface area contributed by atoms with E-state index in [0.717, 1.165) is 5.56 Å². The van der Waals surface area contributed by atoms with Crippen LogP contribution in [0.3, 0.4) is 0 Å². The highest BCUT2D eigenvalue weighted by atomic mass is 16.3. The molecule has 3 aromatic heterocycles. The number of benzene rings is 2. The first-order valence-corrected chi connectivity index (χ1v) is 12.9. The Hall–Kier alpha value is -5.42. The van der Waals surface area contributed by atoms with Crippen LogP contribution < -0.4 is 5.32 Å². The number of carbonyl (C=O) groups excluding carboxylic acids is 2. The molecule has 1 atom stereocenters. The van der Waals surface area contributed by atoms with E-state index in [1.54, 1.807) is 30.1 Å². The molecule has 1 saturated heterocycles. The smallest absolute Gasteiger partial charge is 0.330 e. The van der Waals surface area contributed by atoms with Crippen molar-refractivity contribution in [1.82, 2.24) is 44.5 Å². The number of hydrogen-bond donors (Lipinski definition) is 1. The van der Waals surface area contributed by atoms with Crippen LogP contribution >= 0.6 is 0 Å². The second kappa shape index (κ2) is 10.6. The van der Waals surface area contributed by atoms with Crippen LogP contribution in [-0.4, -0.2) is 82.7 Å². The van der Waals surface area contributed by atoms with Crippen molar-refractivity contribution in [2.45, 2.75) is 13.0 Å². The Morgan fingerprint density at radius 1 is 1.07 bits per heavy atom. The van der Waals surface area contributed by atoms with E-state index >= 15 is 0 Å². The first-order chi connectivity index (χ1) is 19.9. The molecule has 1 N–H and O–H groups in total. The van der Waals surface area contributed by atoms with E-state index in [9.17, 15) is 14.9 Å². The summed E-state index contributed by atoms with van der Waals surface area (Å²) < 4.78 is 7.04. The number of nitriles is 1. The van der Waals surface area contributed by atoms with Crippen LogP contribution in [-0.2, 0) is 11.8 Å². The Morgan fingerprint density at radius 2 is 1.85 bits per heavy atom. The third-order valence-corrected chi connectivity index (χ3v) is 6.77. The number of piperazine rings is 1. The molecule has 2 aromatic carbocycles. The molecule has 1 aliphatic heterocycles. The van der Waals surface area contributed by atoms with Gasteiger partial charge in [-0.1, -0.05) is 30.3 Å². The molecule has 0 aliphatic carbocycles. The van der Waals surface area contributed by atoms with Gasteiger partial charge in [0.05, 0.1) is 13.1 Å². The lowest BCUT2D eigenvalue weighted by atomic mass is 10.0. The molecule has 41 heavy (non-hydrogen) atoms. The number of carbonyl (C=O) groups is 2. The third-order valence-electron chi connectivity index (χ3n) is 6.77. The van der Waals surface area contributed by atoms with Crippen molar-refractivity contribution < 1.29 is 14.0 Å². The molecule has 1 fully saturated rings. The van der Waals surface area contributed by atoms with Crippen molar-refractivity contribution in [2.75, 3.05) is 31.5 Å². The predicted octanol–water partition coefficient (Wildman–Crippen LogP) is 2.42. The molecule has 5 aromatic rings.